The number of hydrogen-bond acceptors (Lipinski definition) is 5. The Morgan fingerprint density at radius 1 is 1.39 bits per heavy atom. The Labute approximate surface area is 107 Å². The first kappa shape index (κ1) is 12.1. The van der Waals surface area contributed by atoms with Gasteiger partial charge < -0.3 is 14.6 Å². The van der Waals surface area contributed by atoms with Gasteiger partial charge in [-0.05, 0) is 45.1 Å². The summed E-state index contributed by atoms with van der Waals surface area (Å²) in [7, 11) is 0. The fourth-order valence-electron chi connectivity index (χ4n) is 2.57. The molecule has 2 atom stereocenters. The molecule has 100 valence electrons. The number of ether oxygens (including phenoxy) is 1. The van der Waals surface area contributed by atoms with Gasteiger partial charge in [0, 0.05) is 6.61 Å². The largest absolute Gasteiger partial charge is 0.370 e. The number of nitrogens with zero attached hydrogens (tertiary/aromatic N) is 2. The third kappa shape index (κ3) is 2.57. The van der Waals surface area contributed by atoms with Gasteiger partial charge in [-0.15, -0.1) is 0 Å². The molecule has 3 rings (SSSR count). The Morgan fingerprint density at radius 2 is 2.28 bits per heavy atom. The van der Waals surface area contributed by atoms with Crippen LogP contribution in [-0.4, -0.2) is 23.3 Å². The smallest absolute Gasteiger partial charge is 0.243 e. The Bertz CT molecular complexity index is 383. The molecule has 1 unspecified atom stereocenters. The second-order valence-electron chi connectivity index (χ2n) is 5.21. The van der Waals surface area contributed by atoms with E-state index in [4.69, 9.17) is 9.26 Å². The van der Waals surface area contributed by atoms with Gasteiger partial charge in [-0.3, -0.25) is 0 Å². The molecule has 1 saturated heterocycles. The van der Waals surface area contributed by atoms with Crippen LogP contribution in [0.4, 0.5) is 0 Å². The van der Waals surface area contributed by atoms with Crippen molar-refractivity contribution in [2.24, 2.45) is 5.92 Å². The lowest BCUT2D eigenvalue weighted by molar-refractivity contribution is 0.0384. The van der Waals surface area contributed by atoms with Gasteiger partial charge in [-0.25, -0.2) is 0 Å². The second-order valence-corrected chi connectivity index (χ2v) is 5.21. The van der Waals surface area contributed by atoms with E-state index in [1.807, 2.05) is 6.92 Å². The highest BCUT2D eigenvalue weighted by Gasteiger charge is 2.36. The summed E-state index contributed by atoms with van der Waals surface area (Å²) < 4.78 is 11.2. The first-order valence-corrected chi connectivity index (χ1v) is 7.07. The van der Waals surface area contributed by atoms with Crippen molar-refractivity contribution in [3.63, 3.8) is 0 Å². The molecule has 1 aliphatic heterocycles. The third-order valence-corrected chi connectivity index (χ3v) is 3.72. The first-order valence-electron chi connectivity index (χ1n) is 7.07. The van der Waals surface area contributed by atoms with E-state index >= 15 is 0 Å². The van der Waals surface area contributed by atoms with Crippen LogP contribution in [0.2, 0.25) is 0 Å². The Hall–Kier alpha value is -0.940. The fraction of sp³-hybridized carbons (Fsp3) is 0.846. The van der Waals surface area contributed by atoms with Crippen molar-refractivity contribution >= 4 is 0 Å². The molecule has 0 radical (unpaired) electrons. The molecule has 1 aromatic heterocycles. The zero-order valence-corrected chi connectivity index (χ0v) is 10.9. The highest BCUT2D eigenvalue weighted by molar-refractivity contribution is 5.01. The average Bonchev–Trinajstić information content (AvgIpc) is 3.14. The van der Waals surface area contributed by atoms with Gasteiger partial charge in [0.25, 0.3) is 0 Å². The molecule has 0 spiro atoms. The van der Waals surface area contributed by atoms with E-state index in [2.05, 4.69) is 15.5 Å². The molecule has 2 heterocycles. The van der Waals surface area contributed by atoms with Gasteiger partial charge >= 0.3 is 0 Å². The molecule has 1 N–H and O–H groups in total. The molecule has 0 bridgehead atoms. The van der Waals surface area contributed by atoms with Gasteiger partial charge in [0.2, 0.25) is 11.7 Å². The van der Waals surface area contributed by atoms with Crippen molar-refractivity contribution in [2.45, 2.75) is 51.2 Å². The predicted molar refractivity (Wildman–Crippen MR) is 66.0 cm³/mol. The minimum absolute atomic E-state index is 0.0380. The summed E-state index contributed by atoms with van der Waals surface area (Å²) in [5, 5.41) is 7.55. The Morgan fingerprint density at radius 3 is 2.94 bits per heavy atom. The number of aromatic nitrogens is 2. The van der Waals surface area contributed by atoms with Crippen LogP contribution in [-0.2, 0) is 4.74 Å². The molecule has 18 heavy (non-hydrogen) atoms. The van der Waals surface area contributed by atoms with E-state index < -0.39 is 0 Å². The third-order valence-electron chi connectivity index (χ3n) is 3.72. The summed E-state index contributed by atoms with van der Waals surface area (Å²) >= 11 is 0. The van der Waals surface area contributed by atoms with Gasteiger partial charge in [-0.1, -0.05) is 11.6 Å². The summed E-state index contributed by atoms with van der Waals surface area (Å²) in [5.74, 6) is 2.06. The van der Waals surface area contributed by atoms with Crippen LogP contribution < -0.4 is 5.32 Å². The van der Waals surface area contributed by atoms with Crippen LogP contribution in [0.15, 0.2) is 4.52 Å². The summed E-state index contributed by atoms with van der Waals surface area (Å²) in [4.78, 5) is 4.55. The lowest BCUT2D eigenvalue weighted by Crippen LogP contribution is -2.27. The molecular formula is C13H21N3O2. The zero-order chi connectivity index (χ0) is 12.4. The fourth-order valence-corrected chi connectivity index (χ4v) is 2.57. The van der Waals surface area contributed by atoms with E-state index in [0.29, 0.717) is 12.5 Å². The summed E-state index contributed by atoms with van der Waals surface area (Å²) in [5.41, 5.74) is 0. The topological polar surface area (TPSA) is 60.2 Å². The molecule has 0 amide bonds. The van der Waals surface area contributed by atoms with Gasteiger partial charge in [0.1, 0.15) is 6.10 Å². The van der Waals surface area contributed by atoms with E-state index in [1.165, 1.54) is 25.7 Å². The molecule has 5 nitrogen and oxygen atoms in total. The summed E-state index contributed by atoms with van der Waals surface area (Å²) in [6.45, 7) is 3.76. The Kier molecular flexibility index (Phi) is 3.61. The highest BCUT2D eigenvalue weighted by atomic mass is 16.5. The normalized spacial score (nSPS) is 26.2. The lowest BCUT2D eigenvalue weighted by Gasteiger charge is -2.19. The number of rotatable bonds is 5. The molecule has 0 aromatic carbocycles. The SMILES string of the molecule is CCOC(c1noc([C@H]2CCCCN2)n1)C1CC1. The van der Waals surface area contributed by atoms with E-state index in [1.54, 1.807) is 0 Å². The van der Waals surface area contributed by atoms with Crippen LogP contribution in [0, 0.1) is 5.92 Å². The molecule has 2 fully saturated rings. The predicted octanol–water partition coefficient (Wildman–Crippen LogP) is 2.37. The van der Waals surface area contributed by atoms with Crippen molar-refractivity contribution < 1.29 is 9.26 Å². The highest BCUT2D eigenvalue weighted by Crippen LogP contribution is 2.42. The average molecular weight is 251 g/mol. The van der Waals surface area contributed by atoms with Crippen LogP contribution in [0.3, 0.4) is 0 Å². The molecule has 2 aliphatic rings. The maximum atomic E-state index is 5.75. The van der Waals surface area contributed by atoms with Gasteiger partial charge in [0.15, 0.2) is 0 Å². The van der Waals surface area contributed by atoms with Crippen molar-refractivity contribution in [3.05, 3.63) is 11.7 Å². The number of hydrogen-bond donors (Lipinski definition) is 1. The van der Waals surface area contributed by atoms with Crippen molar-refractivity contribution in [3.8, 4) is 0 Å². The second kappa shape index (κ2) is 5.36. The minimum atomic E-state index is 0.0380. The minimum Gasteiger partial charge on any atom is -0.370 e. The monoisotopic (exact) mass is 251 g/mol. The number of piperidine rings is 1. The maximum Gasteiger partial charge on any atom is 0.243 e. The maximum absolute atomic E-state index is 5.75. The van der Waals surface area contributed by atoms with E-state index in [-0.39, 0.29) is 12.1 Å². The van der Waals surface area contributed by atoms with Crippen LogP contribution >= 0.6 is 0 Å². The zero-order valence-electron chi connectivity index (χ0n) is 10.9. The quantitative estimate of drug-likeness (QED) is 0.870. The lowest BCUT2D eigenvalue weighted by atomic mass is 10.1. The standard InChI is InChI=1S/C13H21N3O2/c1-2-17-11(9-6-7-9)12-15-13(18-16-12)10-5-3-4-8-14-10/h9-11,14H,2-8H2,1H3/t10-,11?/m1/s1. The summed E-state index contributed by atoms with van der Waals surface area (Å²) in [6.07, 6.45) is 6.03. The van der Waals surface area contributed by atoms with Crippen LogP contribution in [0.25, 0.3) is 0 Å². The molecule has 1 aliphatic carbocycles. The molecule has 1 saturated carbocycles. The van der Waals surface area contributed by atoms with Gasteiger partial charge in [-0.2, -0.15) is 4.98 Å². The number of nitrogens with one attached hydrogen (secondary N) is 1. The first-order chi connectivity index (χ1) is 8.88. The molecular weight excluding hydrogens is 230 g/mol. The summed E-state index contributed by atoms with van der Waals surface area (Å²) in [6, 6.07) is 0.237. The van der Waals surface area contributed by atoms with Crippen molar-refractivity contribution in [2.75, 3.05) is 13.2 Å². The van der Waals surface area contributed by atoms with Crippen LogP contribution in [0.1, 0.15) is 62.9 Å². The van der Waals surface area contributed by atoms with Gasteiger partial charge in [0.05, 0.1) is 6.04 Å². The van der Waals surface area contributed by atoms with E-state index in [9.17, 15) is 0 Å². The van der Waals surface area contributed by atoms with Crippen molar-refractivity contribution in [1.29, 1.82) is 0 Å². The van der Waals surface area contributed by atoms with Crippen molar-refractivity contribution in [1.82, 2.24) is 15.5 Å². The Balaban J connectivity index is 1.70. The van der Waals surface area contributed by atoms with Crippen LogP contribution in [0.5, 0.6) is 0 Å². The molecule has 1 aromatic rings. The van der Waals surface area contributed by atoms with E-state index in [0.717, 1.165) is 24.7 Å². The molecule has 5 heteroatoms.